The van der Waals surface area contributed by atoms with Crippen LogP contribution in [0.5, 0.6) is 0 Å². The fraction of sp³-hybridized carbons (Fsp3) is 0.364. The maximum absolute atomic E-state index is 11.0. The Bertz CT molecular complexity index is 579. The fourth-order valence-corrected chi connectivity index (χ4v) is 2.73. The van der Waals surface area contributed by atoms with E-state index in [1.54, 1.807) is 24.0 Å². The van der Waals surface area contributed by atoms with Gasteiger partial charge in [-0.1, -0.05) is 18.5 Å². The van der Waals surface area contributed by atoms with E-state index < -0.39 is 5.97 Å². The van der Waals surface area contributed by atoms with E-state index in [4.69, 9.17) is 16.7 Å². The summed E-state index contributed by atoms with van der Waals surface area (Å²) < 4.78 is 1.73. The van der Waals surface area contributed by atoms with Gasteiger partial charge in [0.25, 0.3) is 0 Å². The molecule has 0 radical (unpaired) electrons. The van der Waals surface area contributed by atoms with E-state index >= 15 is 0 Å². The number of nitrogens with zero attached hydrogens (tertiary/aromatic N) is 3. The van der Waals surface area contributed by atoms with E-state index in [1.807, 2.05) is 6.92 Å². The summed E-state index contributed by atoms with van der Waals surface area (Å²) in [6.07, 6.45) is 3.31. The molecule has 2 heterocycles. The molecule has 5 nitrogen and oxygen atoms in total. The van der Waals surface area contributed by atoms with Crippen LogP contribution in [0.25, 0.3) is 0 Å². The molecule has 18 heavy (non-hydrogen) atoms. The number of hydrogen-bond acceptors (Lipinski definition) is 4. The molecule has 0 fully saturated rings. The smallest absolute Gasteiger partial charge is 0.347 e. The number of carboxylic acids is 1. The van der Waals surface area contributed by atoms with Gasteiger partial charge in [0.1, 0.15) is 4.88 Å². The Labute approximate surface area is 113 Å². The number of aromatic nitrogens is 3. The highest BCUT2D eigenvalue weighted by Gasteiger charge is 2.18. The third-order valence-corrected chi connectivity index (χ3v) is 4.06. The first-order valence-corrected chi connectivity index (χ1v) is 6.55. The van der Waals surface area contributed by atoms with Gasteiger partial charge in [-0.3, -0.25) is 4.68 Å². The zero-order valence-electron chi connectivity index (χ0n) is 9.92. The predicted molar refractivity (Wildman–Crippen MR) is 69.5 cm³/mol. The van der Waals surface area contributed by atoms with Crippen molar-refractivity contribution >= 4 is 28.9 Å². The summed E-state index contributed by atoms with van der Waals surface area (Å²) in [5.41, 5.74) is 0.563. The number of thiazole rings is 1. The SMILES string of the molecule is Cc1nc([C@@H](C)Cn2cc(Cl)cn2)sc1C(=O)O. The molecule has 7 heteroatoms. The average molecular weight is 286 g/mol. The highest BCUT2D eigenvalue weighted by atomic mass is 35.5. The molecule has 0 saturated heterocycles. The summed E-state index contributed by atoms with van der Waals surface area (Å²) in [6.45, 7) is 4.32. The monoisotopic (exact) mass is 285 g/mol. The quantitative estimate of drug-likeness (QED) is 0.938. The van der Waals surface area contributed by atoms with Crippen LogP contribution in [-0.4, -0.2) is 25.8 Å². The number of rotatable bonds is 4. The van der Waals surface area contributed by atoms with Crippen molar-refractivity contribution in [3.05, 3.63) is 33.0 Å². The normalized spacial score (nSPS) is 12.6. The Morgan fingerprint density at radius 3 is 2.89 bits per heavy atom. The molecule has 0 spiro atoms. The molecule has 1 N–H and O–H groups in total. The number of aromatic carboxylic acids is 1. The summed E-state index contributed by atoms with van der Waals surface area (Å²) in [6, 6.07) is 0. The summed E-state index contributed by atoms with van der Waals surface area (Å²) in [4.78, 5) is 15.6. The van der Waals surface area contributed by atoms with Crippen molar-refractivity contribution in [3.8, 4) is 0 Å². The molecule has 0 aliphatic carbocycles. The Balaban J connectivity index is 2.16. The number of hydrogen-bond donors (Lipinski definition) is 1. The second kappa shape index (κ2) is 5.07. The molecule has 2 aromatic rings. The summed E-state index contributed by atoms with van der Waals surface area (Å²) in [7, 11) is 0. The molecule has 0 aliphatic rings. The zero-order valence-corrected chi connectivity index (χ0v) is 11.5. The summed E-state index contributed by atoms with van der Waals surface area (Å²) >= 11 is 7.00. The van der Waals surface area contributed by atoms with Crippen molar-refractivity contribution in [1.82, 2.24) is 14.8 Å². The van der Waals surface area contributed by atoms with Crippen LogP contribution < -0.4 is 0 Å². The van der Waals surface area contributed by atoms with Crippen LogP contribution in [0.1, 0.15) is 33.2 Å². The fourth-order valence-electron chi connectivity index (χ4n) is 1.62. The lowest BCUT2D eigenvalue weighted by atomic mass is 10.2. The van der Waals surface area contributed by atoms with Gasteiger partial charge in [-0.15, -0.1) is 11.3 Å². The zero-order chi connectivity index (χ0) is 13.3. The number of halogens is 1. The van der Waals surface area contributed by atoms with Crippen molar-refractivity contribution in [3.63, 3.8) is 0 Å². The summed E-state index contributed by atoms with van der Waals surface area (Å²) in [5, 5.41) is 14.5. The van der Waals surface area contributed by atoms with E-state index in [1.165, 1.54) is 11.3 Å². The molecule has 96 valence electrons. The minimum Gasteiger partial charge on any atom is -0.477 e. The summed E-state index contributed by atoms with van der Waals surface area (Å²) in [5.74, 6) is -0.830. The van der Waals surface area contributed by atoms with Gasteiger partial charge in [0, 0.05) is 18.7 Å². The minimum atomic E-state index is -0.925. The largest absolute Gasteiger partial charge is 0.477 e. The van der Waals surface area contributed by atoms with E-state index in [0.29, 0.717) is 22.1 Å². The van der Waals surface area contributed by atoms with Gasteiger partial charge >= 0.3 is 5.97 Å². The lowest BCUT2D eigenvalue weighted by Gasteiger charge is -2.07. The highest BCUT2D eigenvalue weighted by Crippen LogP contribution is 2.26. The molecule has 0 aromatic carbocycles. The molecular formula is C11H12ClN3O2S. The van der Waals surface area contributed by atoms with Crippen LogP contribution in [0, 0.1) is 6.92 Å². The minimum absolute atomic E-state index is 0.0952. The van der Waals surface area contributed by atoms with Gasteiger partial charge in [0.15, 0.2) is 0 Å². The predicted octanol–water partition coefficient (Wildman–Crippen LogP) is 2.80. The van der Waals surface area contributed by atoms with Crippen molar-refractivity contribution in [1.29, 1.82) is 0 Å². The van der Waals surface area contributed by atoms with Crippen molar-refractivity contribution in [2.75, 3.05) is 0 Å². The van der Waals surface area contributed by atoms with Gasteiger partial charge in [0.05, 0.1) is 21.9 Å². The van der Waals surface area contributed by atoms with Crippen molar-refractivity contribution < 1.29 is 9.90 Å². The number of carboxylic acid groups (broad SMARTS) is 1. The highest BCUT2D eigenvalue weighted by molar-refractivity contribution is 7.13. The first-order chi connectivity index (χ1) is 8.47. The Hall–Kier alpha value is -1.40. The lowest BCUT2D eigenvalue weighted by Crippen LogP contribution is -2.06. The molecule has 2 aromatic heterocycles. The molecule has 0 amide bonds. The third kappa shape index (κ3) is 2.70. The van der Waals surface area contributed by atoms with Crippen LogP contribution in [0.2, 0.25) is 5.02 Å². The molecule has 0 bridgehead atoms. The van der Waals surface area contributed by atoms with E-state index in [9.17, 15) is 4.79 Å². The van der Waals surface area contributed by atoms with Crippen molar-refractivity contribution in [2.45, 2.75) is 26.3 Å². The van der Waals surface area contributed by atoms with E-state index in [0.717, 1.165) is 5.01 Å². The topological polar surface area (TPSA) is 68.0 Å². The van der Waals surface area contributed by atoms with Crippen LogP contribution in [0.4, 0.5) is 0 Å². The second-order valence-electron chi connectivity index (χ2n) is 4.05. The third-order valence-electron chi connectivity index (χ3n) is 2.49. The average Bonchev–Trinajstić information content (AvgIpc) is 2.85. The first kappa shape index (κ1) is 13.0. The van der Waals surface area contributed by atoms with E-state index in [-0.39, 0.29) is 5.92 Å². The van der Waals surface area contributed by atoms with Crippen LogP contribution in [0.3, 0.4) is 0 Å². The molecule has 0 aliphatic heterocycles. The maximum atomic E-state index is 11.0. The Morgan fingerprint density at radius 1 is 1.67 bits per heavy atom. The standard InChI is InChI=1S/C11H12ClN3O2S/c1-6(4-15-5-8(12)3-13-15)10-14-7(2)9(18-10)11(16)17/h3,5-6H,4H2,1-2H3,(H,16,17)/t6-/m0/s1. The van der Waals surface area contributed by atoms with E-state index in [2.05, 4.69) is 10.1 Å². The molecular weight excluding hydrogens is 274 g/mol. The Kier molecular flexibility index (Phi) is 3.68. The molecule has 2 rings (SSSR count). The second-order valence-corrected chi connectivity index (χ2v) is 5.52. The molecule has 1 atom stereocenters. The van der Waals surface area contributed by atoms with Gasteiger partial charge in [-0.05, 0) is 6.92 Å². The van der Waals surface area contributed by atoms with Crippen LogP contribution in [0.15, 0.2) is 12.4 Å². The lowest BCUT2D eigenvalue weighted by molar-refractivity contribution is 0.0701. The van der Waals surface area contributed by atoms with Gasteiger partial charge in [-0.2, -0.15) is 5.10 Å². The van der Waals surface area contributed by atoms with Gasteiger partial charge in [0.2, 0.25) is 0 Å². The van der Waals surface area contributed by atoms with Crippen LogP contribution in [-0.2, 0) is 6.54 Å². The van der Waals surface area contributed by atoms with Gasteiger partial charge < -0.3 is 5.11 Å². The Morgan fingerprint density at radius 2 is 2.39 bits per heavy atom. The molecule has 0 saturated carbocycles. The van der Waals surface area contributed by atoms with Crippen molar-refractivity contribution in [2.24, 2.45) is 0 Å². The van der Waals surface area contributed by atoms with Crippen LogP contribution >= 0.6 is 22.9 Å². The molecule has 0 unspecified atom stereocenters. The van der Waals surface area contributed by atoms with Gasteiger partial charge in [-0.25, -0.2) is 9.78 Å². The number of aryl methyl sites for hydroxylation is 1. The maximum Gasteiger partial charge on any atom is 0.347 e. The number of carbonyl (C=O) groups is 1. The first-order valence-electron chi connectivity index (χ1n) is 5.36.